The summed E-state index contributed by atoms with van der Waals surface area (Å²) in [4.78, 5) is 0. The third-order valence-corrected chi connectivity index (χ3v) is 3.51. The lowest BCUT2D eigenvalue weighted by Crippen LogP contribution is -2.07. The van der Waals surface area contributed by atoms with Crippen LogP contribution in [0.1, 0.15) is 31.7 Å². The summed E-state index contributed by atoms with van der Waals surface area (Å²) in [5.74, 6) is 1.19. The third-order valence-electron chi connectivity index (χ3n) is 2.79. The summed E-state index contributed by atoms with van der Waals surface area (Å²) in [5, 5.41) is 17.4. The first-order chi connectivity index (χ1) is 8.60. The van der Waals surface area contributed by atoms with E-state index in [-0.39, 0.29) is 12.5 Å². The molecule has 0 aliphatic carbocycles. The molecule has 18 heavy (non-hydrogen) atoms. The molecule has 0 aliphatic heterocycles. The summed E-state index contributed by atoms with van der Waals surface area (Å²) >= 11 is 3.51. The van der Waals surface area contributed by atoms with Gasteiger partial charge in [0.05, 0.1) is 6.07 Å². The van der Waals surface area contributed by atoms with Crippen molar-refractivity contribution in [2.24, 2.45) is 5.92 Å². The van der Waals surface area contributed by atoms with Gasteiger partial charge < -0.3 is 4.74 Å². The molecule has 0 aliphatic rings. The van der Waals surface area contributed by atoms with Crippen LogP contribution in [0.15, 0.2) is 22.7 Å². The van der Waals surface area contributed by atoms with Crippen molar-refractivity contribution in [3.05, 3.63) is 28.2 Å². The van der Waals surface area contributed by atoms with E-state index in [1.54, 1.807) is 0 Å². The van der Waals surface area contributed by atoms with E-state index >= 15 is 0 Å². The average molecular weight is 307 g/mol. The highest BCUT2D eigenvalue weighted by Gasteiger charge is 2.19. The van der Waals surface area contributed by atoms with Gasteiger partial charge in [-0.15, -0.1) is 0 Å². The molecule has 0 radical (unpaired) electrons. The zero-order chi connectivity index (χ0) is 13.5. The molecule has 94 valence electrons. The van der Waals surface area contributed by atoms with E-state index in [0.717, 1.165) is 10.0 Å². The van der Waals surface area contributed by atoms with Gasteiger partial charge in [0.15, 0.2) is 6.61 Å². The topological polar surface area (TPSA) is 56.8 Å². The van der Waals surface area contributed by atoms with Crippen molar-refractivity contribution in [2.45, 2.75) is 26.2 Å². The van der Waals surface area contributed by atoms with Gasteiger partial charge in [0.25, 0.3) is 0 Å². The lowest BCUT2D eigenvalue weighted by Gasteiger charge is -2.20. The third kappa shape index (κ3) is 3.75. The van der Waals surface area contributed by atoms with Crippen molar-refractivity contribution in [3.8, 4) is 17.9 Å². The van der Waals surface area contributed by atoms with Crippen LogP contribution in [0.4, 0.5) is 0 Å². The number of nitrogens with zero attached hydrogens (tertiary/aromatic N) is 2. The number of ether oxygens (including phenoxy) is 1. The van der Waals surface area contributed by atoms with Crippen molar-refractivity contribution in [1.82, 2.24) is 0 Å². The first-order valence-electron chi connectivity index (χ1n) is 5.76. The predicted octanol–water partition coefficient (Wildman–Crippen LogP) is 4.00. The van der Waals surface area contributed by atoms with E-state index in [2.05, 4.69) is 35.8 Å². The van der Waals surface area contributed by atoms with E-state index in [0.29, 0.717) is 18.1 Å². The van der Waals surface area contributed by atoms with Gasteiger partial charge in [-0.05, 0) is 29.7 Å². The maximum atomic E-state index is 8.91. The minimum Gasteiger partial charge on any atom is -0.479 e. The molecular weight excluding hydrogens is 292 g/mol. The van der Waals surface area contributed by atoms with Crippen LogP contribution in [0.2, 0.25) is 0 Å². The monoisotopic (exact) mass is 306 g/mol. The molecule has 1 rings (SSSR count). The van der Waals surface area contributed by atoms with E-state index in [1.165, 1.54) is 0 Å². The summed E-state index contributed by atoms with van der Waals surface area (Å²) in [7, 11) is 0. The Morgan fingerprint density at radius 3 is 2.56 bits per heavy atom. The molecule has 0 heterocycles. The van der Waals surface area contributed by atoms with Gasteiger partial charge >= 0.3 is 0 Å². The number of rotatable bonds is 5. The second-order valence-corrected chi connectivity index (χ2v) is 5.20. The van der Waals surface area contributed by atoms with Gasteiger partial charge in [-0.25, -0.2) is 0 Å². The fourth-order valence-corrected chi connectivity index (χ4v) is 2.36. The van der Waals surface area contributed by atoms with E-state index in [4.69, 9.17) is 15.3 Å². The first-order valence-corrected chi connectivity index (χ1v) is 6.55. The second-order valence-electron chi connectivity index (χ2n) is 4.34. The van der Waals surface area contributed by atoms with Crippen LogP contribution in [0, 0.1) is 28.6 Å². The summed E-state index contributed by atoms with van der Waals surface area (Å²) in [6, 6.07) is 9.78. The minimum atomic E-state index is 0.0334. The predicted molar refractivity (Wildman–Crippen MR) is 73.1 cm³/mol. The molecule has 0 bridgehead atoms. The van der Waals surface area contributed by atoms with Crippen LogP contribution < -0.4 is 4.74 Å². The fourth-order valence-electron chi connectivity index (χ4n) is 1.81. The number of hydrogen-bond acceptors (Lipinski definition) is 3. The molecule has 0 fully saturated rings. The van der Waals surface area contributed by atoms with Gasteiger partial charge in [-0.3, -0.25) is 0 Å². The van der Waals surface area contributed by atoms with E-state index < -0.39 is 0 Å². The number of nitriles is 2. The lowest BCUT2D eigenvalue weighted by molar-refractivity contribution is 0.366. The first kappa shape index (κ1) is 14.5. The van der Waals surface area contributed by atoms with Gasteiger partial charge in [0.2, 0.25) is 0 Å². The molecule has 1 unspecified atom stereocenters. The highest BCUT2D eigenvalue weighted by Crippen LogP contribution is 2.35. The molecule has 0 saturated heterocycles. The Labute approximate surface area is 116 Å². The van der Waals surface area contributed by atoms with Crippen LogP contribution in [0.3, 0.4) is 0 Å². The molecule has 0 saturated carbocycles. The zero-order valence-corrected chi connectivity index (χ0v) is 12.1. The molecule has 1 aromatic rings. The summed E-state index contributed by atoms with van der Waals surface area (Å²) in [6.45, 7) is 4.22. The van der Waals surface area contributed by atoms with Crippen molar-refractivity contribution in [1.29, 1.82) is 10.5 Å². The molecule has 0 spiro atoms. The lowest BCUT2D eigenvalue weighted by atomic mass is 9.86. The normalized spacial score (nSPS) is 11.7. The van der Waals surface area contributed by atoms with Gasteiger partial charge in [-0.1, -0.05) is 29.8 Å². The average Bonchev–Trinajstić information content (AvgIpc) is 2.35. The van der Waals surface area contributed by atoms with Crippen LogP contribution in [-0.2, 0) is 0 Å². The highest BCUT2D eigenvalue weighted by atomic mass is 79.9. The highest BCUT2D eigenvalue weighted by molar-refractivity contribution is 9.10. The summed E-state index contributed by atoms with van der Waals surface area (Å²) in [6.07, 6.45) is 0.470. The van der Waals surface area contributed by atoms with E-state index in [1.807, 2.05) is 24.3 Å². The largest absolute Gasteiger partial charge is 0.479 e. The quantitative estimate of drug-likeness (QED) is 0.826. The standard InChI is InChI=1S/C14H15BrN2O/c1-10(2)12(5-6-16)13-9-11(18-8-7-17)3-4-14(13)15/h3-4,9-10,12H,5,8H2,1-2H3. The molecule has 0 amide bonds. The van der Waals surface area contributed by atoms with Crippen molar-refractivity contribution in [2.75, 3.05) is 6.61 Å². The van der Waals surface area contributed by atoms with Crippen molar-refractivity contribution >= 4 is 15.9 Å². The molecular formula is C14H15BrN2O. The van der Waals surface area contributed by atoms with Gasteiger partial charge in [0.1, 0.15) is 11.8 Å². The zero-order valence-electron chi connectivity index (χ0n) is 10.5. The summed E-state index contributed by atoms with van der Waals surface area (Å²) in [5.41, 5.74) is 1.06. The van der Waals surface area contributed by atoms with E-state index in [9.17, 15) is 0 Å². The molecule has 1 atom stereocenters. The van der Waals surface area contributed by atoms with Gasteiger partial charge in [-0.2, -0.15) is 10.5 Å². The second kappa shape index (κ2) is 7.03. The number of benzene rings is 1. The maximum Gasteiger partial charge on any atom is 0.174 e. The van der Waals surface area contributed by atoms with Crippen LogP contribution in [-0.4, -0.2) is 6.61 Å². The van der Waals surface area contributed by atoms with Gasteiger partial charge in [0, 0.05) is 16.8 Å². The fraction of sp³-hybridized carbons (Fsp3) is 0.429. The van der Waals surface area contributed by atoms with Crippen LogP contribution in [0.5, 0.6) is 5.75 Å². The van der Waals surface area contributed by atoms with Crippen LogP contribution in [0.25, 0.3) is 0 Å². The Morgan fingerprint density at radius 2 is 2.00 bits per heavy atom. The van der Waals surface area contributed by atoms with Crippen LogP contribution >= 0.6 is 15.9 Å². The summed E-state index contributed by atoms with van der Waals surface area (Å²) < 4.78 is 6.27. The molecule has 0 N–H and O–H groups in total. The smallest absolute Gasteiger partial charge is 0.174 e. The molecule has 4 heteroatoms. The molecule has 0 aromatic heterocycles. The Kier molecular flexibility index (Phi) is 5.68. The van der Waals surface area contributed by atoms with Crippen molar-refractivity contribution in [3.63, 3.8) is 0 Å². The SMILES string of the molecule is CC(C)C(CC#N)c1cc(OCC#N)ccc1Br. The molecule has 1 aromatic carbocycles. The molecule has 3 nitrogen and oxygen atoms in total. The maximum absolute atomic E-state index is 8.91. The Balaban J connectivity index is 3.05. The Morgan fingerprint density at radius 1 is 1.28 bits per heavy atom. The number of halogens is 1. The number of hydrogen-bond donors (Lipinski definition) is 0. The Hall–Kier alpha value is -1.52. The minimum absolute atomic E-state index is 0.0334. The Bertz CT molecular complexity index is 486. The van der Waals surface area contributed by atoms with Crippen molar-refractivity contribution < 1.29 is 4.74 Å².